The molecule has 23 heavy (non-hydrogen) atoms. The van der Waals surface area contributed by atoms with Crippen molar-refractivity contribution in [2.45, 2.75) is 122 Å². The van der Waals surface area contributed by atoms with E-state index < -0.39 is 0 Å². The van der Waals surface area contributed by atoms with Crippen LogP contribution in [0.25, 0.3) is 0 Å². The highest BCUT2D eigenvalue weighted by molar-refractivity contribution is 5.70. The Morgan fingerprint density at radius 3 is 1.74 bits per heavy atom. The third-order valence-corrected chi connectivity index (χ3v) is 5.04. The van der Waals surface area contributed by atoms with Crippen LogP contribution < -0.4 is 5.32 Å². The van der Waals surface area contributed by atoms with Crippen molar-refractivity contribution in [2.75, 3.05) is 0 Å². The molecule has 0 aromatic carbocycles. The van der Waals surface area contributed by atoms with Gasteiger partial charge in [0.25, 0.3) is 0 Å². The lowest BCUT2D eigenvalue weighted by molar-refractivity contribution is 0.123. The second-order valence-electron chi connectivity index (χ2n) is 7.13. The summed E-state index contributed by atoms with van der Waals surface area (Å²) in [5.41, 5.74) is 0. The molecule has 0 saturated carbocycles. The van der Waals surface area contributed by atoms with E-state index in [0.29, 0.717) is 0 Å². The van der Waals surface area contributed by atoms with Gasteiger partial charge in [-0.15, -0.1) is 0 Å². The van der Waals surface area contributed by atoms with E-state index in [4.69, 9.17) is 4.74 Å². The van der Waals surface area contributed by atoms with Crippen molar-refractivity contribution in [3.8, 4) is 0 Å². The number of amides is 1. The Bertz CT molecular complexity index is 293. The highest BCUT2D eigenvalue weighted by Crippen LogP contribution is 2.19. The number of cyclic esters (lactones) is 1. The second kappa shape index (κ2) is 13.7. The zero-order valence-electron chi connectivity index (χ0n) is 15.6. The Morgan fingerprint density at radius 2 is 1.26 bits per heavy atom. The fourth-order valence-corrected chi connectivity index (χ4v) is 3.49. The maximum atomic E-state index is 11.2. The van der Waals surface area contributed by atoms with E-state index in [-0.39, 0.29) is 18.2 Å². The summed E-state index contributed by atoms with van der Waals surface area (Å²) < 4.78 is 5.32. The molecule has 1 N–H and O–H groups in total. The lowest BCUT2D eigenvalue weighted by atomic mass is 10.0. The van der Waals surface area contributed by atoms with Gasteiger partial charge in [0.1, 0.15) is 6.10 Å². The normalized spacial score (nSPS) is 20.5. The van der Waals surface area contributed by atoms with Crippen LogP contribution in [-0.2, 0) is 4.74 Å². The molecule has 1 aliphatic heterocycles. The topological polar surface area (TPSA) is 38.3 Å². The highest BCUT2D eigenvalue weighted by atomic mass is 16.6. The zero-order valence-corrected chi connectivity index (χ0v) is 15.6. The van der Waals surface area contributed by atoms with Crippen LogP contribution >= 0.6 is 0 Å². The van der Waals surface area contributed by atoms with Crippen LogP contribution in [0.2, 0.25) is 0 Å². The van der Waals surface area contributed by atoms with Crippen molar-refractivity contribution < 1.29 is 9.53 Å². The van der Waals surface area contributed by atoms with Gasteiger partial charge in [-0.05, 0) is 19.3 Å². The van der Waals surface area contributed by atoms with Crippen molar-refractivity contribution in [2.24, 2.45) is 0 Å². The van der Waals surface area contributed by atoms with Crippen LogP contribution in [0.4, 0.5) is 4.79 Å². The van der Waals surface area contributed by atoms with Crippen LogP contribution in [0.3, 0.4) is 0 Å². The summed E-state index contributed by atoms with van der Waals surface area (Å²) in [4.78, 5) is 11.2. The first-order valence-electron chi connectivity index (χ1n) is 10.2. The summed E-state index contributed by atoms with van der Waals surface area (Å²) >= 11 is 0. The Morgan fingerprint density at radius 1 is 0.783 bits per heavy atom. The first-order valence-corrected chi connectivity index (χ1v) is 10.2. The Kier molecular flexibility index (Phi) is 12.1. The maximum Gasteiger partial charge on any atom is 0.407 e. The number of unbranched alkanes of at least 4 members (excludes halogenated alkanes) is 12. The van der Waals surface area contributed by atoms with Gasteiger partial charge in [0.05, 0.1) is 6.04 Å². The third kappa shape index (κ3) is 9.88. The van der Waals surface area contributed by atoms with E-state index in [1.54, 1.807) is 0 Å². The summed E-state index contributed by atoms with van der Waals surface area (Å²) in [5, 5.41) is 2.89. The zero-order chi connectivity index (χ0) is 16.8. The second-order valence-corrected chi connectivity index (χ2v) is 7.13. The molecular weight excluding hydrogens is 286 g/mol. The van der Waals surface area contributed by atoms with E-state index in [0.717, 1.165) is 12.8 Å². The molecule has 0 aromatic heterocycles. The fraction of sp³-hybridized carbons (Fsp3) is 0.950. The van der Waals surface area contributed by atoms with Gasteiger partial charge >= 0.3 is 6.09 Å². The van der Waals surface area contributed by atoms with Gasteiger partial charge < -0.3 is 10.1 Å². The van der Waals surface area contributed by atoms with E-state index in [2.05, 4.69) is 19.2 Å². The van der Waals surface area contributed by atoms with Crippen molar-refractivity contribution in [3.05, 3.63) is 0 Å². The summed E-state index contributed by atoms with van der Waals surface area (Å²) in [6, 6.07) is 0.236. The molecule has 0 spiro atoms. The number of hydrogen-bond acceptors (Lipinski definition) is 2. The van der Waals surface area contributed by atoms with Gasteiger partial charge in [0.15, 0.2) is 0 Å². The minimum absolute atomic E-state index is 0.111. The predicted octanol–water partition coefficient (Wildman–Crippen LogP) is 6.35. The molecule has 1 heterocycles. The molecule has 1 rings (SSSR count). The number of rotatable bonds is 15. The summed E-state index contributed by atoms with van der Waals surface area (Å²) in [6.45, 7) is 4.38. The maximum absolute atomic E-state index is 11.2. The number of nitrogens with one attached hydrogen (secondary N) is 1. The molecule has 0 aromatic rings. The average molecular weight is 326 g/mol. The molecule has 3 heteroatoms. The number of hydrogen-bond donors (Lipinski definition) is 1. The average Bonchev–Trinajstić information content (AvgIpc) is 2.91. The minimum Gasteiger partial charge on any atom is -0.444 e. The van der Waals surface area contributed by atoms with Crippen LogP contribution in [0.5, 0.6) is 0 Å². The van der Waals surface area contributed by atoms with Gasteiger partial charge in [-0.3, -0.25) is 0 Å². The van der Waals surface area contributed by atoms with Crippen molar-refractivity contribution in [1.82, 2.24) is 5.32 Å². The molecular formula is C20H39NO2. The van der Waals surface area contributed by atoms with E-state index in [1.165, 1.54) is 83.5 Å². The Balaban J connectivity index is 1.80. The van der Waals surface area contributed by atoms with Crippen molar-refractivity contribution in [3.63, 3.8) is 0 Å². The summed E-state index contributed by atoms with van der Waals surface area (Å²) in [5.74, 6) is 0. The molecule has 2 atom stereocenters. The van der Waals surface area contributed by atoms with Gasteiger partial charge in [0, 0.05) is 0 Å². The smallest absolute Gasteiger partial charge is 0.407 e. The first kappa shape index (κ1) is 20.3. The largest absolute Gasteiger partial charge is 0.444 e. The van der Waals surface area contributed by atoms with Gasteiger partial charge in [-0.2, -0.15) is 0 Å². The predicted molar refractivity (Wildman–Crippen MR) is 97.8 cm³/mol. The quantitative estimate of drug-likeness (QED) is 0.356. The molecule has 1 aliphatic rings. The molecule has 1 saturated heterocycles. The van der Waals surface area contributed by atoms with Gasteiger partial charge in [-0.25, -0.2) is 4.79 Å². The number of carbonyl (C=O) groups is 1. The van der Waals surface area contributed by atoms with E-state index in [1.807, 2.05) is 0 Å². The Labute approximate surface area is 143 Å². The SMILES string of the molecule is CCCCCCCCCCCCCCC[C@@H]1OC(=O)N[C@@H]1CC. The van der Waals surface area contributed by atoms with Crippen molar-refractivity contribution in [1.29, 1.82) is 0 Å². The molecule has 136 valence electrons. The van der Waals surface area contributed by atoms with Crippen LogP contribution in [0, 0.1) is 0 Å². The molecule has 0 unspecified atom stereocenters. The highest BCUT2D eigenvalue weighted by Gasteiger charge is 2.31. The van der Waals surface area contributed by atoms with Crippen LogP contribution in [0.1, 0.15) is 110 Å². The lowest BCUT2D eigenvalue weighted by Crippen LogP contribution is -2.30. The number of ether oxygens (including phenoxy) is 1. The fourth-order valence-electron chi connectivity index (χ4n) is 3.49. The van der Waals surface area contributed by atoms with Crippen molar-refractivity contribution >= 4 is 6.09 Å². The summed E-state index contributed by atoms with van der Waals surface area (Å²) in [6.07, 6.45) is 19.8. The molecule has 0 aliphatic carbocycles. The van der Waals surface area contributed by atoms with E-state index in [9.17, 15) is 4.79 Å². The monoisotopic (exact) mass is 325 g/mol. The molecule has 1 amide bonds. The summed E-state index contributed by atoms with van der Waals surface area (Å²) in [7, 11) is 0. The third-order valence-electron chi connectivity index (χ3n) is 5.04. The standard InChI is InChI=1S/C20H39NO2/c1-3-5-6-7-8-9-10-11-12-13-14-15-16-17-19-18(4-2)21-20(22)23-19/h18-19H,3-17H2,1-2H3,(H,21,22)/t18-,19+/m1/s1. The first-order chi connectivity index (χ1) is 11.3. The number of carbonyl (C=O) groups excluding carboxylic acids is 1. The molecule has 3 nitrogen and oxygen atoms in total. The minimum atomic E-state index is -0.225. The van der Waals surface area contributed by atoms with Gasteiger partial charge in [0.2, 0.25) is 0 Å². The van der Waals surface area contributed by atoms with E-state index >= 15 is 0 Å². The number of alkyl carbamates (subject to hydrolysis) is 1. The van der Waals surface area contributed by atoms with Crippen LogP contribution in [-0.4, -0.2) is 18.2 Å². The van der Waals surface area contributed by atoms with Gasteiger partial charge in [-0.1, -0.05) is 90.9 Å². The molecule has 0 bridgehead atoms. The lowest BCUT2D eigenvalue weighted by Gasteiger charge is -2.14. The molecule has 1 fully saturated rings. The van der Waals surface area contributed by atoms with Crippen LogP contribution in [0.15, 0.2) is 0 Å². The molecule has 0 radical (unpaired) electrons. The Hall–Kier alpha value is -0.730.